The van der Waals surface area contributed by atoms with Gasteiger partial charge in [-0.2, -0.15) is 5.10 Å². The van der Waals surface area contributed by atoms with E-state index in [1.165, 1.54) is 47.8 Å². The van der Waals surface area contributed by atoms with Gasteiger partial charge in [0.15, 0.2) is 0 Å². The van der Waals surface area contributed by atoms with Crippen LogP contribution in [-0.2, 0) is 4.74 Å². The summed E-state index contributed by atoms with van der Waals surface area (Å²) in [4.78, 5) is 2.41. The van der Waals surface area contributed by atoms with E-state index in [4.69, 9.17) is 4.74 Å². The molecule has 2 bridgehead atoms. The van der Waals surface area contributed by atoms with Gasteiger partial charge in [-0.1, -0.05) is 37.3 Å². The van der Waals surface area contributed by atoms with Crippen molar-refractivity contribution >= 4 is 16.5 Å². The van der Waals surface area contributed by atoms with E-state index >= 15 is 0 Å². The second kappa shape index (κ2) is 6.24. The molecule has 3 aliphatic carbocycles. The molecule has 0 unspecified atom stereocenters. The lowest BCUT2D eigenvalue weighted by molar-refractivity contribution is -0.134. The average molecular weight is 428 g/mol. The molecule has 5 aliphatic rings. The molecule has 166 valence electrons. The molecule has 0 amide bonds. The Hall–Kier alpha value is -2.17. The van der Waals surface area contributed by atoms with Crippen molar-refractivity contribution in [1.29, 1.82) is 0 Å². The molecule has 4 nitrogen and oxygen atoms in total. The lowest BCUT2D eigenvalue weighted by atomic mass is 9.58. The highest BCUT2D eigenvalue weighted by Gasteiger charge is 2.65. The Kier molecular flexibility index (Phi) is 3.76. The second-order valence-corrected chi connectivity index (χ2v) is 11.4. The number of allylic oxidation sites excluding steroid dienone is 3. The number of aromatic nitrogens is 2. The van der Waals surface area contributed by atoms with Gasteiger partial charge < -0.3 is 9.64 Å². The van der Waals surface area contributed by atoms with Crippen molar-refractivity contribution < 1.29 is 4.74 Å². The van der Waals surface area contributed by atoms with Gasteiger partial charge in [-0.25, -0.2) is 0 Å². The van der Waals surface area contributed by atoms with Crippen LogP contribution in [0.2, 0.25) is 0 Å². The molecule has 2 fully saturated rings. The minimum Gasteiger partial charge on any atom is -0.359 e. The molecule has 2 aliphatic heterocycles. The Morgan fingerprint density at radius 3 is 2.97 bits per heavy atom. The summed E-state index contributed by atoms with van der Waals surface area (Å²) < 4.78 is 7.37. The van der Waals surface area contributed by atoms with Gasteiger partial charge in [0.2, 0.25) is 0 Å². The van der Waals surface area contributed by atoms with Crippen LogP contribution in [0.15, 0.2) is 53.8 Å². The zero-order chi connectivity index (χ0) is 21.7. The Labute approximate surface area is 190 Å². The van der Waals surface area contributed by atoms with Crippen LogP contribution in [0.25, 0.3) is 16.5 Å². The zero-order valence-electron chi connectivity index (χ0n) is 19.4. The number of rotatable bonds is 2. The number of nitrogens with one attached hydrogen (secondary N) is 1. The summed E-state index contributed by atoms with van der Waals surface area (Å²) in [6.07, 6.45) is 17.7. The van der Waals surface area contributed by atoms with Gasteiger partial charge in [0.1, 0.15) is 0 Å². The normalized spacial score (nSPS) is 39.9. The fraction of sp³-hybridized carbons (Fsp3) is 0.536. The molecule has 1 N–H and O–H groups in total. The van der Waals surface area contributed by atoms with Crippen LogP contribution in [0.4, 0.5) is 0 Å². The van der Waals surface area contributed by atoms with Gasteiger partial charge >= 0.3 is 0 Å². The van der Waals surface area contributed by atoms with Crippen LogP contribution in [0.5, 0.6) is 0 Å². The Balaban J connectivity index is 1.29. The summed E-state index contributed by atoms with van der Waals surface area (Å²) in [6, 6.07) is 7.40. The van der Waals surface area contributed by atoms with Crippen molar-refractivity contribution in [2.75, 3.05) is 14.1 Å². The monoisotopic (exact) mass is 427 g/mol. The minimum absolute atomic E-state index is 0.0274. The quantitative estimate of drug-likeness (QED) is 0.674. The highest BCUT2D eigenvalue weighted by atomic mass is 16.5. The number of hydrogen-bond donors (Lipinski definition) is 1. The standard InChI is InChI=1S/C28H33N3O/c1-26-11-10-21-15-20-6-7-22(31(2)3)16-27(20)12-13-28(21,32-27)25(26)9-8-23(26)18-4-5-19-17-29-30-24(19)14-18/h4-5,8,10,14-15,17,22,25H,6-7,9,11-13,16H2,1-3H3,(H,29,30)/t22-,25+,26+,27+,28+/m0/s1. The average Bonchev–Trinajstić information content (AvgIpc) is 3.47. The first-order valence-electron chi connectivity index (χ1n) is 12.4. The molecule has 5 atom stereocenters. The highest BCUT2D eigenvalue weighted by molar-refractivity contribution is 5.84. The van der Waals surface area contributed by atoms with Crippen molar-refractivity contribution in [2.24, 2.45) is 11.3 Å². The maximum Gasteiger partial charge on any atom is 0.0980 e. The molecule has 7 rings (SSSR count). The third-order valence-corrected chi connectivity index (χ3v) is 9.73. The second-order valence-electron chi connectivity index (χ2n) is 11.4. The summed E-state index contributed by atoms with van der Waals surface area (Å²) in [5.41, 5.74) is 7.01. The Morgan fingerprint density at radius 1 is 1.19 bits per heavy atom. The Morgan fingerprint density at radius 2 is 2.09 bits per heavy atom. The molecule has 3 heterocycles. The van der Waals surface area contributed by atoms with Gasteiger partial charge in [0.25, 0.3) is 0 Å². The van der Waals surface area contributed by atoms with Crippen LogP contribution in [0, 0.1) is 11.3 Å². The van der Waals surface area contributed by atoms with Crippen molar-refractivity contribution in [3.05, 3.63) is 59.3 Å². The van der Waals surface area contributed by atoms with E-state index in [2.05, 4.69) is 72.5 Å². The molecule has 4 heteroatoms. The lowest BCUT2D eigenvalue weighted by Crippen LogP contribution is -2.54. The van der Waals surface area contributed by atoms with E-state index in [9.17, 15) is 0 Å². The summed E-state index contributed by atoms with van der Waals surface area (Å²) in [7, 11) is 4.46. The molecule has 1 saturated heterocycles. The number of benzene rings is 1. The van der Waals surface area contributed by atoms with Crippen LogP contribution >= 0.6 is 0 Å². The van der Waals surface area contributed by atoms with Crippen LogP contribution in [0.3, 0.4) is 0 Å². The maximum absolute atomic E-state index is 7.37. The molecule has 32 heavy (non-hydrogen) atoms. The molecule has 1 aromatic heterocycles. The predicted octanol–water partition coefficient (Wildman–Crippen LogP) is 5.64. The minimum atomic E-state index is -0.110. The van der Waals surface area contributed by atoms with Crippen LogP contribution in [-0.4, -0.2) is 46.4 Å². The molecular weight excluding hydrogens is 394 g/mol. The highest BCUT2D eigenvalue weighted by Crippen LogP contribution is 2.67. The molecule has 2 spiro atoms. The largest absolute Gasteiger partial charge is 0.359 e. The first-order chi connectivity index (χ1) is 15.4. The molecule has 1 aromatic carbocycles. The summed E-state index contributed by atoms with van der Waals surface area (Å²) >= 11 is 0. The Bertz CT molecular complexity index is 1220. The van der Waals surface area contributed by atoms with E-state index in [1.54, 1.807) is 5.57 Å². The van der Waals surface area contributed by atoms with Gasteiger partial charge in [-0.05, 0) is 87.4 Å². The maximum atomic E-state index is 7.37. The topological polar surface area (TPSA) is 41.2 Å². The number of fused-ring (bicyclic) bond motifs is 2. The molecular formula is C28H33N3O. The summed E-state index contributed by atoms with van der Waals surface area (Å²) in [6.45, 7) is 2.49. The molecule has 1 saturated carbocycles. The number of nitrogens with zero attached hydrogens (tertiary/aromatic N) is 2. The van der Waals surface area contributed by atoms with Crippen molar-refractivity contribution in [2.45, 2.75) is 69.1 Å². The summed E-state index contributed by atoms with van der Waals surface area (Å²) in [5, 5.41) is 8.56. The number of ether oxygens (including phenoxy) is 1. The van der Waals surface area contributed by atoms with E-state index in [-0.39, 0.29) is 16.6 Å². The lowest BCUT2D eigenvalue weighted by Gasteiger charge is -2.54. The van der Waals surface area contributed by atoms with Gasteiger partial charge in [-0.15, -0.1) is 0 Å². The van der Waals surface area contributed by atoms with Crippen LogP contribution < -0.4 is 0 Å². The van der Waals surface area contributed by atoms with Crippen molar-refractivity contribution in [3.8, 4) is 0 Å². The number of hydrogen-bond acceptors (Lipinski definition) is 3. The van der Waals surface area contributed by atoms with Gasteiger partial charge in [0.05, 0.1) is 22.9 Å². The van der Waals surface area contributed by atoms with E-state index < -0.39 is 0 Å². The van der Waals surface area contributed by atoms with Gasteiger partial charge in [0, 0.05) is 22.8 Å². The fourth-order valence-electron chi connectivity index (χ4n) is 7.96. The van der Waals surface area contributed by atoms with E-state index in [1.807, 2.05) is 6.20 Å². The smallest absolute Gasteiger partial charge is 0.0980 e. The number of H-pyrrole nitrogens is 1. The zero-order valence-corrected chi connectivity index (χ0v) is 19.4. The predicted molar refractivity (Wildman–Crippen MR) is 128 cm³/mol. The summed E-state index contributed by atoms with van der Waals surface area (Å²) in [5.74, 6) is 0.513. The first kappa shape index (κ1) is 19.3. The molecule has 0 radical (unpaired) electrons. The van der Waals surface area contributed by atoms with Crippen LogP contribution in [0.1, 0.15) is 57.4 Å². The molecule has 2 aromatic rings. The van der Waals surface area contributed by atoms with E-state index in [0.29, 0.717) is 12.0 Å². The first-order valence-corrected chi connectivity index (χ1v) is 12.4. The number of aromatic amines is 1. The SMILES string of the molecule is CN(C)[C@H]1CCC2=CC3=CC[C@]4(C)C(c5ccc6cn[nH]c6c5)=CC[C@H]4[C@@]34CC[C@]2(C1)O4. The third-order valence-electron chi connectivity index (χ3n) is 9.73. The van der Waals surface area contributed by atoms with Gasteiger partial charge in [-0.3, -0.25) is 5.10 Å². The fourth-order valence-corrected chi connectivity index (χ4v) is 7.96. The van der Waals surface area contributed by atoms with Crippen molar-refractivity contribution in [1.82, 2.24) is 15.1 Å². The van der Waals surface area contributed by atoms with Crippen molar-refractivity contribution in [3.63, 3.8) is 0 Å². The van der Waals surface area contributed by atoms with E-state index in [0.717, 1.165) is 24.8 Å². The third kappa shape index (κ3) is 2.32.